The van der Waals surface area contributed by atoms with E-state index in [-0.39, 0.29) is 0 Å². The molecule has 0 bridgehead atoms. The second-order valence-electron chi connectivity index (χ2n) is 2.41. The Bertz CT molecular complexity index is 59.0. The number of nitrogens with one attached hydrogen (secondary N) is 1. The fraction of sp³-hybridized carbons (Fsp3) is 1.00. The maximum Gasteiger partial charge on any atom is 0.199 e. The van der Waals surface area contributed by atoms with Gasteiger partial charge in [0, 0.05) is 6.54 Å². The molecular weight excluding hydrogens is 130 g/mol. The molecule has 0 rings (SSSR count). The van der Waals surface area contributed by atoms with Crippen LogP contribution in [0.15, 0.2) is 0 Å². The number of hydrogen-bond acceptors (Lipinski definition) is 2. The number of rotatable bonds is 5. The quantitative estimate of drug-likeness (QED) is 0.359. The largest absolute Gasteiger partial charge is 0.350 e. The summed E-state index contributed by atoms with van der Waals surface area (Å²) in [5.41, 5.74) is 2.95. The third-order valence-corrected chi connectivity index (χ3v) is 1.59. The summed E-state index contributed by atoms with van der Waals surface area (Å²) in [6.07, 6.45) is 2.44. The topological polar surface area (TPSA) is 21.3 Å². The van der Waals surface area contributed by atoms with Crippen LogP contribution in [0.25, 0.3) is 0 Å². The fourth-order valence-electron chi connectivity index (χ4n) is 0.475. The fourth-order valence-corrected chi connectivity index (χ4v) is 0.926. The summed E-state index contributed by atoms with van der Waals surface area (Å²) in [7, 11) is -0.824. The van der Waals surface area contributed by atoms with Crippen molar-refractivity contribution in [3.05, 3.63) is 0 Å². The first-order valence-electron chi connectivity index (χ1n) is 3.66. The van der Waals surface area contributed by atoms with Crippen LogP contribution in [0.4, 0.5) is 0 Å². The van der Waals surface area contributed by atoms with Crippen LogP contribution >= 0.6 is 0 Å². The molecule has 0 saturated heterocycles. The van der Waals surface area contributed by atoms with Crippen molar-refractivity contribution in [2.24, 2.45) is 0 Å². The van der Waals surface area contributed by atoms with Gasteiger partial charge in [0.15, 0.2) is 9.04 Å². The Hall–Kier alpha value is 0.137. The lowest BCUT2D eigenvalue weighted by atomic mass is 10.3. The summed E-state index contributed by atoms with van der Waals surface area (Å²) in [4.78, 5) is 0. The van der Waals surface area contributed by atoms with Crippen LogP contribution in [0, 0.1) is 0 Å². The van der Waals surface area contributed by atoms with E-state index in [2.05, 4.69) is 25.5 Å². The van der Waals surface area contributed by atoms with Crippen molar-refractivity contribution in [1.82, 2.24) is 5.48 Å². The van der Waals surface area contributed by atoms with E-state index in [0.29, 0.717) is 0 Å². The summed E-state index contributed by atoms with van der Waals surface area (Å²) in [6.45, 7) is 7.48. The molecule has 0 heterocycles. The van der Waals surface area contributed by atoms with Crippen LogP contribution in [-0.2, 0) is 4.53 Å². The highest BCUT2D eigenvalue weighted by Crippen LogP contribution is 1.83. The van der Waals surface area contributed by atoms with E-state index >= 15 is 0 Å². The van der Waals surface area contributed by atoms with E-state index in [1.165, 1.54) is 12.8 Å². The molecule has 0 saturated carbocycles. The van der Waals surface area contributed by atoms with E-state index in [1.807, 2.05) is 0 Å². The Labute approximate surface area is 59.3 Å². The predicted molar refractivity (Wildman–Crippen MR) is 42.9 cm³/mol. The third kappa shape index (κ3) is 8.14. The van der Waals surface area contributed by atoms with Crippen molar-refractivity contribution in [2.45, 2.75) is 32.9 Å². The number of hydroxylamine groups is 1. The highest BCUT2D eigenvalue weighted by atomic mass is 28.3. The van der Waals surface area contributed by atoms with Gasteiger partial charge in [0.05, 0.1) is 0 Å². The molecule has 0 unspecified atom stereocenters. The van der Waals surface area contributed by atoms with Crippen molar-refractivity contribution in [3.8, 4) is 0 Å². The second-order valence-corrected chi connectivity index (χ2v) is 4.75. The van der Waals surface area contributed by atoms with Crippen molar-refractivity contribution in [2.75, 3.05) is 6.54 Å². The van der Waals surface area contributed by atoms with Crippen LogP contribution < -0.4 is 5.48 Å². The van der Waals surface area contributed by atoms with Gasteiger partial charge in [-0.05, 0) is 19.5 Å². The van der Waals surface area contributed by atoms with Crippen LogP contribution in [0.3, 0.4) is 0 Å². The Morgan fingerprint density at radius 1 is 1.44 bits per heavy atom. The predicted octanol–water partition coefficient (Wildman–Crippen LogP) is 1.29. The summed E-state index contributed by atoms with van der Waals surface area (Å²) in [5.74, 6) is 0. The van der Waals surface area contributed by atoms with Crippen molar-refractivity contribution >= 4 is 9.04 Å². The van der Waals surface area contributed by atoms with Crippen molar-refractivity contribution in [3.63, 3.8) is 0 Å². The summed E-state index contributed by atoms with van der Waals surface area (Å²) < 4.78 is 5.23. The molecule has 0 amide bonds. The Balaban J connectivity index is 2.75. The summed E-state index contributed by atoms with van der Waals surface area (Å²) in [6, 6.07) is 0. The van der Waals surface area contributed by atoms with Crippen LogP contribution in [0.5, 0.6) is 0 Å². The summed E-state index contributed by atoms with van der Waals surface area (Å²) >= 11 is 0. The zero-order chi connectivity index (χ0) is 7.11. The molecule has 3 heteroatoms. The number of unbranched alkanes of at least 4 members (excludes halogenated alkanes) is 1. The maximum atomic E-state index is 5.23. The number of hydrogen-bond donors (Lipinski definition) is 1. The van der Waals surface area contributed by atoms with Gasteiger partial charge in [-0.2, -0.15) is 0 Å². The maximum absolute atomic E-state index is 5.23. The molecule has 0 aromatic rings. The normalized spacial score (nSPS) is 10.7. The minimum absolute atomic E-state index is 0.824. The van der Waals surface area contributed by atoms with Crippen LogP contribution in [0.2, 0.25) is 13.1 Å². The molecular formula is C6H17NOSi. The Kier molecular flexibility index (Phi) is 6.35. The van der Waals surface area contributed by atoms with Crippen molar-refractivity contribution in [1.29, 1.82) is 0 Å². The molecule has 0 radical (unpaired) electrons. The molecule has 0 aliphatic rings. The second kappa shape index (κ2) is 6.26. The molecule has 56 valence electrons. The highest BCUT2D eigenvalue weighted by molar-refractivity contribution is 6.48. The van der Waals surface area contributed by atoms with E-state index in [9.17, 15) is 0 Å². The van der Waals surface area contributed by atoms with Gasteiger partial charge >= 0.3 is 0 Å². The Morgan fingerprint density at radius 2 is 2.11 bits per heavy atom. The van der Waals surface area contributed by atoms with E-state index in [4.69, 9.17) is 4.53 Å². The molecule has 1 N–H and O–H groups in total. The minimum Gasteiger partial charge on any atom is -0.350 e. The van der Waals surface area contributed by atoms with E-state index < -0.39 is 9.04 Å². The third-order valence-electron chi connectivity index (χ3n) is 0.951. The van der Waals surface area contributed by atoms with E-state index in [0.717, 1.165) is 6.54 Å². The smallest absolute Gasteiger partial charge is 0.199 e. The average molecular weight is 147 g/mol. The SMILES string of the molecule is CCCCNO[SiH](C)C. The first-order valence-corrected chi connectivity index (χ1v) is 6.44. The first kappa shape index (κ1) is 9.14. The molecule has 0 spiro atoms. The van der Waals surface area contributed by atoms with E-state index in [1.54, 1.807) is 0 Å². The lowest BCUT2D eigenvalue weighted by molar-refractivity contribution is 0.197. The highest BCUT2D eigenvalue weighted by Gasteiger charge is 1.92. The van der Waals surface area contributed by atoms with Gasteiger partial charge in [0.25, 0.3) is 0 Å². The molecule has 0 fully saturated rings. The van der Waals surface area contributed by atoms with Gasteiger partial charge in [0.1, 0.15) is 0 Å². The molecule has 0 aromatic heterocycles. The monoisotopic (exact) mass is 147 g/mol. The first-order chi connectivity index (χ1) is 4.27. The van der Waals surface area contributed by atoms with Crippen molar-refractivity contribution < 1.29 is 4.53 Å². The molecule has 0 atom stereocenters. The van der Waals surface area contributed by atoms with Crippen LogP contribution in [0.1, 0.15) is 19.8 Å². The van der Waals surface area contributed by atoms with Gasteiger partial charge < -0.3 is 4.53 Å². The molecule has 0 aromatic carbocycles. The van der Waals surface area contributed by atoms with Gasteiger partial charge in [-0.15, -0.1) is 0 Å². The molecule has 0 aliphatic carbocycles. The lowest BCUT2D eigenvalue weighted by Gasteiger charge is -2.06. The van der Waals surface area contributed by atoms with Gasteiger partial charge in [-0.25, -0.2) is 5.48 Å². The van der Waals surface area contributed by atoms with Crippen LogP contribution in [-0.4, -0.2) is 15.6 Å². The lowest BCUT2D eigenvalue weighted by Crippen LogP contribution is -2.23. The zero-order valence-electron chi connectivity index (χ0n) is 6.61. The molecule has 0 aliphatic heterocycles. The molecule has 9 heavy (non-hydrogen) atoms. The van der Waals surface area contributed by atoms with Gasteiger partial charge in [-0.1, -0.05) is 13.3 Å². The average Bonchev–Trinajstić information content (AvgIpc) is 1.80. The van der Waals surface area contributed by atoms with Gasteiger partial charge in [0.2, 0.25) is 0 Å². The minimum atomic E-state index is -0.824. The Morgan fingerprint density at radius 3 is 2.56 bits per heavy atom. The summed E-state index contributed by atoms with van der Waals surface area (Å²) in [5, 5.41) is 0. The molecule has 2 nitrogen and oxygen atoms in total. The zero-order valence-corrected chi connectivity index (χ0v) is 7.76. The van der Waals surface area contributed by atoms with Gasteiger partial charge in [-0.3, -0.25) is 0 Å². The standard InChI is InChI=1S/C6H17NOSi/c1-4-5-6-7-8-9(2)3/h7,9H,4-6H2,1-3H3.